The number of piperidine rings is 1. The van der Waals surface area contributed by atoms with Crippen LogP contribution in [-0.2, 0) is 16.1 Å². The highest BCUT2D eigenvalue weighted by Gasteiger charge is 2.43. The van der Waals surface area contributed by atoms with E-state index in [-0.39, 0.29) is 23.5 Å². The number of rotatable bonds is 4. The first-order chi connectivity index (χ1) is 10.6. The Hall–Kier alpha value is -0.980. The highest BCUT2D eigenvalue weighted by Crippen LogP contribution is 2.36. The molecule has 1 spiro atoms. The normalized spacial score (nSPS) is 25.0. The molecule has 3 heterocycles. The number of amides is 1. The van der Waals surface area contributed by atoms with Crippen LogP contribution in [-0.4, -0.2) is 47.1 Å². The number of hydrogen-bond acceptors (Lipinski definition) is 5. The lowest BCUT2D eigenvalue weighted by molar-refractivity contribution is -0.124. The number of likely N-dealkylation sites (tertiary alicyclic amines) is 1. The molecule has 0 bridgehead atoms. The molecule has 1 aromatic heterocycles. The van der Waals surface area contributed by atoms with Gasteiger partial charge in [-0.15, -0.1) is 11.3 Å². The van der Waals surface area contributed by atoms with Crippen molar-refractivity contribution < 1.29 is 9.53 Å². The van der Waals surface area contributed by atoms with E-state index >= 15 is 0 Å². The molecule has 0 aromatic carbocycles. The largest absolute Gasteiger partial charge is 0.373 e. The summed E-state index contributed by atoms with van der Waals surface area (Å²) in [5, 5.41) is 6.33. The van der Waals surface area contributed by atoms with Crippen molar-refractivity contribution in [3.05, 3.63) is 16.6 Å². The van der Waals surface area contributed by atoms with Crippen LogP contribution in [0.25, 0.3) is 0 Å². The summed E-state index contributed by atoms with van der Waals surface area (Å²) in [6.07, 6.45) is 4.92. The van der Waals surface area contributed by atoms with E-state index in [1.165, 1.54) is 5.01 Å². The van der Waals surface area contributed by atoms with Gasteiger partial charge in [0, 0.05) is 30.6 Å². The van der Waals surface area contributed by atoms with E-state index < -0.39 is 0 Å². The quantitative estimate of drug-likeness (QED) is 0.921. The maximum atomic E-state index is 11.8. The standard InChI is InChI=1S/C16H25N3O2S/c1-12(2)15(20)18-13-9-16(21-11-13)3-6-19(7-4-16)10-14-17-5-8-22-14/h5,8,12-13H,3-4,6-7,9-11H2,1-2H3,(H,18,20)/t13-/m1/s1. The summed E-state index contributed by atoms with van der Waals surface area (Å²) >= 11 is 1.72. The molecule has 1 amide bonds. The first-order valence-corrected chi connectivity index (χ1v) is 8.99. The summed E-state index contributed by atoms with van der Waals surface area (Å²) in [5.41, 5.74) is -0.0195. The van der Waals surface area contributed by atoms with Gasteiger partial charge < -0.3 is 10.1 Å². The number of nitrogens with one attached hydrogen (secondary N) is 1. The van der Waals surface area contributed by atoms with Crippen LogP contribution in [0.2, 0.25) is 0 Å². The number of carbonyl (C=O) groups is 1. The number of aromatic nitrogens is 1. The van der Waals surface area contributed by atoms with Crippen molar-refractivity contribution in [2.45, 2.75) is 51.3 Å². The minimum Gasteiger partial charge on any atom is -0.373 e. The van der Waals surface area contributed by atoms with Gasteiger partial charge in [-0.25, -0.2) is 4.98 Å². The maximum absolute atomic E-state index is 11.8. The molecule has 0 saturated carbocycles. The molecule has 0 aliphatic carbocycles. The van der Waals surface area contributed by atoms with Crippen LogP contribution in [0, 0.1) is 5.92 Å². The zero-order valence-corrected chi connectivity index (χ0v) is 14.2. The van der Waals surface area contributed by atoms with Gasteiger partial charge in [0.05, 0.1) is 24.8 Å². The number of nitrogens with zero attached hydrogens (tertiary/aromatic N) is 2. The highest BCUT2D eigenvalue weighted by atomic mass is 32.1. The Morgan fingerprint density at radius 3 is 2.95 bits per heavy atom. The van der Waals surface area contributed by atoms with Crippen molar-refractivity contribution in [2.24, 2.45) is 5.92 Å². The number of hydrogen-bond donors (Lipinski definition) is 1. The summed E-state index contributed by atoms with van der Waals surface area (Å²) in [5.74, 6) is 0.170. The molecule has 1 N–H and O–H groups in total. The molecule has 3 rings (SSSR count). The Labute approximate surface area is 136 Å². The first kappa shape index (κ1) is 15.9. The topological polar surface area (TPSA) is 54.5 Å². The Balaban J connectivity index is 1.47. The third-order valence-corrected chi connectivity index (χ3v) is 5.45. The Bertz CT molecular complexity index is 495. The molecule has 0 radical (unpaired) electrons. The molecule has 2 aliphatic heterocycles. The lowest BCUT2D eigenvalue weighted by Gasteiger charge is -2.38. The second-order valence-electron chi connectivity index (χ2n) is 6.76. The van der Waals surface area contributed by atoms with Crippen LogP contribution in [0.5, 0.6) is 0 Å². The Kier molecular flexibility index (Phi) is 4.80. The molecule has 2 fully saturated rings. The summed E-state index contributed by atoms with van der Waals surface area (Å²) in [4.78, 5) is 18.6. The average molecular weight is 323 g/mol. The van der Waals surface area contributed by atoms with Crippen molar-refractivity contribution in [1.29, 1.82) is 0 Å². The summed E-state index contributed by atoms with van der Waals surface area (Å²) < 4.78 is 6.10. The van der Waals surface area contributed by atoms with Gasteiger partial charge >= 0.3 is 0 Å². The molecule has 1 atom stereocenters. The third kappa shape index (κ3) is 3.67. The maximum Gasteiger partial charge on any atom is 0.222 e. The molecule has 6 heteroatoms. The minimum absolute atomic E-state index is 0.0195. The van der Waals surface area contributed by atoms with Gasteiger partial charge in [-0.3, -0.25) is 9.69 Å². The number of thiazole rings is 1. The van der Waals surface area contributed by atoms with Gasteiger partial charge in [0.2, 0.25) is 5.91 Å². The van der Waals surface area contributed by atoms with Crippen LogP contribution in [0.4, 0.5) is 0 Å². The van der Waals surface area contributed by atoms with Crippen molar-refractivity contribution in [1.82, 2.24) is 15.2 Å². The van der Waals surface area contributed by atoms with E-state index in [1.807, 2.05) is 25.4 Å². The number of ether oxygens (including phenoxy) is 1. The van der Waals surface area contributed by atoms with Crippen molar-refractivity contribution in [3.63, 3.8) is 0 Å². The molecule has 5 nitrogen and oxygen atoms in total. The van der Waals surface area contributed by atoms with Crippen LogP contribution < -0.4 is 5.32 Å². The smallest absolute Gasteiger partial charge is 0.222 e. The zero-order valence-electron chi connectivity index (χ0n) is 13.4. The van der Waals surface area contributed by atoms with E-state index in [0.29, 0.717) is 6.61 Å². The fourth-order valence-corrected chi connectivity index (χ4v) is 3.95. The number of carbonyl (C=O) groups excluding carboxylic acids is 1. The summed E-state index contributed by atoms with van der Waals surface area (Å²) in [7, 11) is 0. The van der Waals surface area contributed by atoms with E-state index in [0.717, 1.165) is 38.9 Å². The SMILES string of the molecule is CC(C)C(=O)N[C@H]1COC2(CCN(Cc3nccs3)CC2)C1. The monoisotopic (exact) mass is 323 g/mol. The predicted molar refractivity (Wildman–Crippen MR) is 86.7 cm³/mol. The Morgan fingerprint density at radius 1 is 1.55 bits per heavy atom. The summed E-state index contributed by atoms with van der Waals surface area (Å²) in [6.45, 7) is 7.55. The van der Waals surface area contributed by atoms with Crippen LogP contribution in [0.3, 0.4) is 0 Å². The van der Waals surface area contributed by atoms with Crippen molar-refractivity contribution in [3.8, 4) is 0 Å². The van der Waals surface area contributed by atoms with E-state index in [2.05, 4.69) is 15.2 Å². The second kappa shape index (κ2) is 6.64. The van der Waals surface area contributed by atoms with Gasteiger partial charge in [-0.1, -0.05) is 13.8 Å². The van der Waals surface area contributed by atoms with Crippen LogP contribution in [0.15, 0.2) is 11.6 Å². The minimum atomic E-state index is -0.0195. The second-order valence-corrected chi connectivity index (χ2v) is 7.74. The average Bonchev–Trinajstić information content (AvgIpc) is 3.12. The third-order valence-electron chi connectivity index (χ3n) is 4.69. The molecule has 122 valence electrons. The van der Waals surface area contributed by atoms with Gasteiger partial charge in [-0.2, -0.15) is 0 Å². The van der Waals surface area contributed by atoms with E-state index in [4.69, 9.17) is 4.74 Å². The molecular weight excluding hydrogens is 298 g/mol. The Morgan fingerprint density at radius 2 is 2.32 bits per heavy atom. The molecular formula is C16H25N3O2S. The van der Waals surface area contributed by atoms with Gasteiger partial charge in [-0.05, 0) is 19.3 Å². The zero-order chi connectivity index (χ0) is 15.6. The predicted octanol–water partition coefficient (Wildman–Crippen LogP) is 2.04. The van der Waals surface area contributed by atoms with Gasteiger partial charge in [0.25, 0.3) is 0 Å². The lowest BCUT2D eigenvalue weighted by Crippen LogP contribution is -2.45. The molecule has 22 heavy (non-hydrogen) atoms. The van der Waals surface area contributed by atoms with Crippen molar-refractivity contribution >= 4 is 17.2 Å². The molecule has 2 saturated heterocycles. The fraction of sp³-hybridized carbons (Fsp3) is 0.750. The van der Waals surface area contributed by atoms with Gasteiger partial charge in [0.15, 0.2) is 0 Å². The lowest BCUT2D eigenvalue weighted by atomic mass is 9.87. The molecule has 2 aliphatic rings. The van der Waals surface area contributed by atoms with E-state index in [1.54, 1.807) is 11.3 Å². The van der Waals surface area contributed by atoms with E-state index in [9.17, 15) is 4.79 Å². The van der Waals surface area contributed by atoms with Crippen molar-refractivity contribution in [2.75, 3.05) is 19.7 Å². The fourth-order valence-electron chi connectivity index (χ4n) is 3.29. The summed E-state index contributed by atoms with van der Waals surface area (Å²) in [6, 6.07) is 0.181. The highest BCUT2D eigenvalue weighted by molar-refractivity contribution is 7.09. The molecule has 0 unspecified atom stereocenters. The van der Waals surface area contributed by atoms with Crippen LogP contribution >= 0.6 is 11.3 Å². The molecule has 1 aromatic rings. The van der Waals surface area contributed by atoms with Gasteiger partial charge in [0.1, 0.15) is 5.01 Å². The van der Waals surface area contributed by atoms with Crippen LogP contribution in [0.1, 0.15) is 38.1 Å². The first-order valence-electron chi connectivity index (χ1n) is 8.11.